The lowest BCUT2D eigenvalue weighted by molar-refractivity contribution is -0.123. The van der Waals surface area contributed by atoms with Gasteiger partial charge in [-0.15, -0.1) is 0 Å². The highest BCUT2D eigenvalue weighted by molar-refractivity contribution is 8.15. The van der Waals surface area contributed by atoms with Gasteiger partial charge in [-0.1, -0.05) is 29.4 Å². The summed E-state index contributed by atoms with van der Waals surface area (Å²) in [5.74, 6) is 0.598. The van der Waals surface area contributed by atoms with Gasteiger partial charge >= 0.3 is 0 Å². The van der Waals surface area contributed by atoms with Crippen molar-refractivity contribution in [3.05, 3.63) is 29.3 Å². The van der Waals surface area contributed by atoms with Crippen molar-refractivity contribution >= 4 is 40.1 Å². The first-order chi connectivity index (χ1) is 7.70. The van der Waals surface area contributed by atoms with E-state index in [1.165, 1.54) is 11.8 Å². The Hall–Kier alpha value is -1.00. The van der Waals surface area contributed by atoms with Crippen molar-refractivity contribution in [3.8, 4) is 0 Å². The van der Waals surface area contributed by atoms with Gasteiger partial charge in [0, 0.05) is 11.6 Å². The van der Waals surface area contributed by atoms with Gasteiger partial charge in [0.1, 0.15) is 0 Å². The first kappa shape index (κ1) is 11.5. The van der Waals surface area contributed by atoms with Gasteiger partial charge in [-0.3, -0.25) is 9.69 Å². The van der Waals surface area contributed by atoms with Gasteiger partial charge in [0.25, 0.3) is 0 Å². The van der Waals surface area contributed by atoms with E-state index >= 15 is 0 Å². The predicted molar refractivity (Wildman–Crippen MR) is 68.4 cm³/mol. The van der Waals surface area contributed by atoms with Crippen molar-refractivity contribution < 1.29 is 4.79 Å². The zero-order chi connectivity index (χ0) is 11.5. The number of rotatable bonds is 2. The SMILES string of the molecule is CCN1C(=O)CSC1=Nc1cccc(Cl)c1. The van der Waals surface area contributed by atoms with Crippen molar-refractivity contribution in [3.63, 3.8) is 0 Å². The molecule has 1 aliphatic rings. The minimum Gasteiger partial charge on any atom is -0.291 e. The Kier molecular flexibility index (Phi) is 3.51. The van der Waals surface area contributed by atoms with Crippen molar-refractivity contribution in [1.29, 1.82) is 0 Å². The van der Waals surface area contributed by atoms with Crippen LogP contribution in [0.3, 0.4) is 0 Å². The predicted octanol–water partition coefficient (Wildman–Crippen LogP) is 2.92. The highest BCUT2D eigenvalue weighted by Crippen LogP contribution is 2.24. The molecule has 1 heterocycles. The fourth-order valence-corrected chi connectivity index (χ4v) is 2.60. The molecular weight excluding hydrogens is 244 g/mol. The molecule has 0 saturated carbocycles. The molecule has 0 N–H and O–H groups in total. The Balaban J connectivity index is 2.27. The molecule has 0 unspecified atom stereocenters. The molecule has 0 bridgehead atoms. The minimum atomic E-state index is 0.119. The minimum absolute atomic E-state index is 0.119. The number of carbonyl (C=O) groups is 1. The average Bonchev–Trinajstić information content (AvgIpc) is 2.59. The van der Waals surface area contributed by atoms with Gasteiger partial charge in [-0.2, -0.15) is 0 Å². The molecule has 2 rings (SSSR count). The highest BCUT2D eigenvalue weighted by atomic mass is 35.5. The lowest BCUT2D eigenvalue weighted by atomic mass is 10.3. The van der Waals surface area contributed by atoms with E-state index in [2.05, 4.69) is 4.99 Å². The van der Waals surface area contributed by atoms with Crippen molar-refractivity contribution in [2.75, 3.05) is 12.3 Å². The Morgan fingerprint density at radius 3 is 3.06 bits per heavy atom. The average molecular weight is 255 g/mol. The summed E-state index contributed by atoms with van der Waals surface area (Å²) in [4.78, 5) is 17.6. The number of hydrogen-bond donors (Lipinski definition) is 0. The molecule has 1 aromatic rings. The van der Waals surface area contributed by atoms with Gasteiger partial charge < -0.3 is 0 Å². The number of aliphatic imine (C=N–C) groups is 1. The third kappa shape index (κ3) is 2.39. The molecule has 0 radical (unpaired) electrons. The van der Waals surface area contributed by atoms with E-state index in [1.807, 2.05) is 19.1 Å². The fourth-order valence-electron chi connectivity index (χ4n) is 1.45. The van der Waals surface area contributed by atoms with Gasteiger partial charge in [-0.25, -0.2) is 4.99 Å². The van der Waals surface area contributed by atoms with Crippen LogP contribution in [0.1, 0.15) is 6.92 Å². The quantitative estimate of drug-likeness (QED) is 0.813. The molecule has 1 aliphatic heterocycles. The molecule has 3 nitrogen and oxygen atoms in total. The van der Waals surface area contributed by atoms with Crippen LogP contribution in [0.4, 0.5) is 5.69 Å². The van der Waals surface area contributed by atoms with E-state index < -0.39 is 0 Å². The maximum atomic E-state index is 11.5. The largest absolute Gasteiger partial charge is 0.291 e. The van der Waals surface area contributed by atoms with E-state index in [-0.39, 0.29) is 5.91 Å². The van der Waals surface area contributed by atoms with Crippen molar-refractivity contribution in [1.82, 2.24) is 4.90 Å². The highest BCUT2D eigenvalue weighted by Gasteiger charge is 2.26. The normalized spacial score (nSPS) is 18.5. The smallest absolute Gasteiger partial charge is 0.239 e. The topological polar surface area (TPSA) is 32.7 Å². The molecule has 1 fully saturated rings. The monoisotopic (exact) mass is 254 g/mol. The summed E-state index contributed by atoms with van der Waals surface area (Å²) in [6.07, 6.45) is 0. The maximum absolute atomic E-state index is 11.5. The van der Waals surface area contributed by atoms with Crippen LogP contribution < -0.4 is 0 Å². The van der Waals surface area contributed by atoms with Crippen LogP contribution in [0.25, 0.3) is 0 Å². The molecule has 0 spiro atoms. The number of thioether (sulfide) groups is 1. The summed E-state index contributed by atoms with van der Waals surface area (Å²) < 4.78 is 0. The fraction of sp³-hybridized carbons (Fsp3) is 0.273. The van der Waals surface area contributed by atoms with Gasteiger partial charge in [-0.05, 0) is 25.1 Å². The van der Waals surface area contributed by atoms with E-state index in [0.717, 1.165) is 10.9 Å². The summed E-state index contributed by atoms with van der Waals surface area (Å²) >= 11 is 7.34. The number of amidine groups is 1. The van der Waals surface area contributed by atoms with Crippen molar-refractivity contribution in [2.45, 2.75) is 6.92 Å². The van der Waals surface area contributed by atoms with Crippen LogP contribution in [0, 0.1) is 0 Å². The molecule has 1 saturated heterocycles. The molecule has 0 aliphatic carbocycles. The molecule has 1 aromatic carbocycles. The van der Waals surface area contributed by atoms with Crippen LogP contribution in [-0.4, -0.2) is 28.3 Å². The number of nitrogens with zero attached hydrogens (tertiary/aromatic N) is 2. The first-order valence-corrected chi connectivity index (χ1v) is 6.34. The summed E-state index contributed by atoms with van der Waals surface area (Å²) in [6.45, 7) is 2.60. The first-order valence-electron chi connectivity index (χ1n) is 4.98. The lowest BCUT2D eigenvalue weighted by Gasteiger charge is -2.12. The molecule has 0 atom stereocenters. The van der Waals surface area contributed by atoms with E-state index in [4.69, 9.17) is 11.6 Å². The second-order valence-corrected chi connectivity index (χ2v) is 4.68. The Morgan fingerprint density at radius 1 is 1.56 bits per heavy atom. The molecule has 84 valence electrons. The third-order valence-corrected chi connectivity index (χ3v) is 3.40. The number of amides is 1. The number of halogens is 1. The second-order valence-electron chi connectivity index (χ2n) is 3.30. The summed E-state index contributed by atoms with van der Waals surface area (Å²) in [7, 11) is 0. The standard InChI is InChI=1S/C11H11ClN2OS/c1-2-14-10(15)7-16-11(14)13-9-5-3-4-8(12)6-9/h3-6H,2,7H2,1H3. The molecular formula is C11H11ClN2OS. The number of hydrogen-bond acceptors (Lipinski definition) is 3. The van der Waals surface area contributed by atoms with E-state index in [9.17, 15) is 4.79 Å². The van der Waals surface area contributed by atoms with Crippen LogP contribution >= 0.6 is 23.4 Å². The summed E-state index contributed by atoms with van der Waals surface area (Å²) in [6, 6.07) is 7.30. The molecule has 0 aromatic heterocycles. The zero-order valence-electron chi connectivity index (χ0n) is 8.81. The molecule has 1 amide bonds. The van der Waals surface area contributed by atoms with E-state index in [1.54, 1.807) is 17.0 Å². The number of carbonyl (C=O) groups excluding carboxylic acids is 1. The molecule has 5 heteroatoms. The maximum Gasteiger partial charge on any atom is 0.239 e. The van der Waals surface area contributed by atoms with Crippen LogP contribution in [-0.2, 0) is 4.79 Å². The molecule has 16 heavy (non-hydrogen) atoms. The van der Waals surface area contributed by atoms with E-state index in [0.29, 0.717) is 17.3 Å². The van der Waals surface area contributed by atoms with Crippen molar-refractivity contribution in [2.24, 2.45) is 4.99 Å². The van der Waals surface area contributed by atoms with Gasteiger partial charge in [0.15, 0.2) is 5.17 Å². The Morgan fingerprint density at radius 2 is 2.38 bits per heavy atom. The zero-order valence-corrected chi connectivity index (χ0v) is 10.4. The summed E-state index contributed by atoms with van der Waals surface area (Å²) in [5.41, 5.74) is 0.781. The lowest BCUT2D eigenvalue weighted by Crippen LogP contribution is -2.28. The van der Waals surface area contributed by atoms with Gasteiger partial charge in [0.2, 0.25) is 5.91 Å². The summed E-state index contributed by atoms with van der Waals surface area (Å²) in [5, 5.41) is 1.41. The number of benzene rings is 1. The Bertz CT molecular complexity index is 447. The third-order valence-electron chi connectivity index (χ3n) is 2.21. The second kappa shape index (κ2) is 4.89. The van der Waals surface area contributed by atoms with Crippen LogP contribution in [0.5, 0.6) is 0 Å². The van der Waals surface area contributed by atoms with Crippen LogP contribution in [0.2, 0.25) is 5.02 Å². The van der Waals surface area contributed by atoms with Gasteiger partial charge in [0.05, 0.1) is 11.4 Å². The Labute approximate surface area is 103 Å². The van der Waals surface area contributed by atoms with Crippen LogP contribution in [0.15, 0.2) is 29.3 Å².